The van der Waals surface area contributed by atoms with Crippen molar-refractivity contribution < 1.29 is 37.6 Å². The molecule has 0 aliphatic rings. The van der Waals surface area contributed by atoms with Gasteiger partial charge in [0.1, 0.15) is 6.61 Å². The van der Waals surface area contributed by atoms with E-state index in [9.17, 15) is 19.0 Å². The van der Waals surface area contributed by atoms with Crippen LogP contribution in [0.3, 0.4) is 0 Å². The van der Waals surface area contributed by atoms with Gasteiger partial charge in [0.2, 0.25) is 0 Å². The van der Waals surface area contributed by atoms with E-state index < -0.39 is 26.5 Å². The van der Waals surface area contributed by atoms with Gasteiger partial charge in [-0.05, 0) is 38.5 Å². The quantitative estimate of drug-likeness (QED) is 0.0264. The highest BCUT2D eigenvalue weighted by atomic mass is 31.2. The average molecular weight is 985 g/mol. The predicted octanol–water partition coefficient (Wildman–Crippen LogP) is 18.5. The third-order valence-corrected chi connectivity index (χ3v) is 14.4. The summed E-state index contributed by atoms with van der Waals surface area (Å²) in [4.78, 5) is 35.0. The molecule has 0 aromatic heterocycles. The Balaban J connectivity index is 3.75. The van der Waals surface area contributed by atoms with Crippen LogP contribution in [-0.2, 0) is 32.7 Å². The third-order valence-electron chi connectivity index (χ3n) is 13.4. The zero-order chi connectivity index (χ0) is 49.5. The lowest BCUT2D eigenvalue weighted by Crippen LogP contribution is -2.29. The molecule has 0 aromatic rings. The maximum Gasteiger partial charge on any atom is 0.472 e. The summed E-state index contributed by atoms with van der Waals surface area (Å²) < 4.78 is 32.9. The normalized spacial score (nSPS) is 13.1. The SMILES string of the molecule is CCCCCC/C=C\CCCCCCCC(=O)OC(COC(=O)CCCCCCCCCCCCCCCCCCCCCCCCCCCCCCCCCCCC)COP(=O)(O)OCCN. The maximum absolute atomic E-state index is 12.6. The highest BCUT2D eigenvalue weighted by molar-refractivity contribution is 7.47. The van der Waals surface area contributed by atoms with E-state index >= 15 is 0 Å². The molecule has 0 saturated heterocycles. The molecule has 0 rings (SSSR count). The van der Waals surface area contributed by atoms with Crippen molar-refractivity contribution in [1.82, 2.24) is 0 Å². The largest absolute Gasteiger partial charge is 0.472 e. The molecule has 2 atom stereocenters. The van der Waals surface area contributed by atoms with Crippen molar-refractivity contribution in [2.24, 2.45) is 5.73 Å². The number of phosphoric acid groups is 1. The van der Waals surface area contributed by atoms with E-state index in [1.165, 1.54) is 231 Å². The van der Waals surface area contributed by atoms with Crippen LogP contribution >= 0.6 is 7.82 Å². The maximum atomic E-state index is 12.6. The molecule has 0 aliphatic carbocycles. The smallest absolute Gasteiger partial charge is 0.462 e. The number of hydrogen-bond acceptors (Lipinski definition) is 8. The molecule has 0 aromatic carbocycles. The molecule has 0 saturated carbocycles. The van der Waals surface area contributed by atoms with Crippen LogP contribution in [0, 0.1) is 0 Å². The Morgan fingerprint density at radius 1 is 0.426 bits per heavy atom. The van der Waals surface area contributed by atoms with Gasteiger partial charge in [-0.25, -0.2) is 4.57 Å². The van der Waals surface area contributed by atoms with Gasteiger partial charge < -0.3 is 20.1 Å². The zero-order valence-electron chi connectivity index (χ0n) is 45.1. The minimum Gasteiger partial charge on any atom is -0.462 e. The first-order valence-electron chi connectivity index (χ1n) is 29.7. The van der Waals surface area contributed by atoms with Gasteiger partial charge in [0.05, 0.1) is 13.2 Å². The number of allylic oxidation sites excluding steroid dienone is 2. The van der Waals surface area contributed by atoms with Gasteiger partial charge in [0, 0.05) is 19.4 Å². The van der Waals surface area contributed by atoms with Crippen molar-refractivity contribution >= 4 is 19.8 Å². The first-order chi connectivity index (χ1) is 33.3. The van der Waals surface area contributed by atoms with Crippen LogP contribution in [0.25, 0.3) is 0 Å². The van der Waals surface area contributed by atoms with Crippen LogP contribution in [0.2, 0.25) is 0 Å². The van der Waals surface area contributed by atoms with E-state index in [4.69, 9.17) is 24.3 Å². The van der Waals surface area contributed by atoms with Crippen LogP contribution in [0.4, 0.5) is 0 Å². The van der Waals surface area contributed by atoms with Gasteiger partial charge in [-0.2, -0.15) is 0 Å². The standard InChI is InChI=1S/C58H114NO8P/c1-3-5-7-9-11-13-15-17-18-19-20-21-22-23-24-25-26-27-28-29-30-31-32-33-34-35-36-37-39-40-42-44-46-48-50-57(60)64-54-56(55-66-68(62,63)65-53-52-59)67-58(61)51-49-47-45-43-41-38-16-14-12-10-8-6-4-2/h14,16,56H,3-13,15,17-55,59H2,1-2H3,(H,62,63)/b16-14-. The topological polar surface area (TPSA) is 134 Å². The summed E-state index contributed by atoms with van der Waals surface area (Å²) in [7, 11) is -4.38. The predicted molar refractivity (Wildman–Crippen MR) is 289 cm³/mol. The Kier molecular flexibility index (Phi) is 54.1. The molecule has 0 aliphatic heterocycles. The van der Waals surface area contributed by atoms with Gasteiger partial charge in [-0.3, -0.25) is 18.6 Å². The summed E-state index contributed by atoms with van der Waals surface area (Å²) in [6.07, 6.45) is 63.1. The van der Waals surface area contributed by atoms with Gasteiger partial charge in [-0.15, -0.1) is 0 Å². The highest BCUT2D eigenvalue weighted by Gasteiger charge is 2.26. The van der Waals surface area contributed by atoms with E-state index in [-0.39, 0.29) is 38.6 Å². The molecular formula is C58H114NO8P. The molecule has 404 valence electrons. The third kappa shape index (κ3) is 54.1. The fourth-order valence-electron chi connectivity index (χ4n) is 8.99. The van der Waals surface area contributed by atoms with Gasteiger partial charge >= 0.3 is 19.8 Å². The summed E-state index contributed by atoms with van der Waals surface area (Å²) in [5, 5.41) is 0. The Labute approximate surface area is 421 Å². The second-order valence-electron chi connectivity index (χ2n) is 20.2. The average Bonchev–Trinajstić information content (AvgIpc) is 3.33. The summed E-state index contributed by atoms with van der Waals surface area (Å²) in [5.74, 6) is -0.822. The van der Waals surface area contributed by atoms with Crippen molar-refractivity contribution in [2.75, 3.05) is 26.4 Å². The first-order valence-corrected chi connectivity index (χ1v) is 31.2. The van der Waals surface area contributed by atoms with Crippen molar-refractivity contribution in [3.63, 3.8) is 0 Å². The number of nitrogens with two attached hydrogens (primary N) is 1. The lowest BCUT2D eigenvalue weighted by Gasteiger charge is -2.19. The van der Waals surface area contributed by atoms with Crippen molar-refractivity contribution in [3.8, 4) is 0 Å². The van der Waals surface area contributed by atoms with E-state index in [1.807, 2.05) is 0 Å². The Morgan fingerprint density at radius 2 is 0.721 bits per heavy atom. The molecule has 0 radical (unpaired) electrons. The molecule has 0 heterocycles. The molecule has 0 bridgehead atoms. The Morgan fingerprint density at radius 3 is 1.06 bits per heavy atom. The Bertz CT molecular complexity index is 1120. The highest BCUT2D eigenvalue weighted by Crippen LogP contribution is 2.43. The van der Waals surface area contributed by atoms with E-state index in [0.29, 0.717) is 6.42 Å². The number of rotatable bonds is 57. The van der Waals surface area contributed by atoms with E-state index in [1.54, 1.807) is 0 Å². The van der Waals surface area contributed by atoms with Crippen molar-refractivity contribution in [1.29, 1.82) is 0 Å². The minimum absolute atomic E-state index is 0.0551. The first kappa shape index (κ1) is 66.8. The van der Waals surface area contributed by atoms with Crippen LogP contribution in [0.1, 0.15) is 316 Å². The molecular weight excluding hydrogens is 870 g/mol. The number of unbranched alkanes of at least 4 members (excludes halogenated alkanes) is 42. The zero-order valence-corrected chi connectivity index (χ0v) is 46.0. The van der Waals surface area contributed by atoms with Crippen molar-refractivity contribution in [2.45, 2.75) is 322 Å². The molecule has 0 spiro atoms. The fraction of sp³-hybridized carbons (Fsp3) is 0.931. The van der Waals surface area contributed by atoms with Gasteiger partial charge in [0.15, 0.2) is 6.10 Å². The van der Waals surface area contributed by atoms with Crippen LogP contribution < -0.4 is 5.73 Å². The van der Waals surface area contributed by atoms with Gasteiger partial charge in [0.25, 0.3) is 0 Å². The van der Waals surface area contributed by atoms with E-state index in [0.717, 1.165) is 51.4 Å². The fourth-order valence-corrected chi connectivity index (χ4v) is 9.75. The molecule has 2 unspecified atom stereocenters. The van der Waals surface area contributed by atoms with Crippen LogP contribution in [-0.4, -0.2) is 49.3 Å². The summed E-state index contributed by atoms with van der Waals surface area (Å²) in [6, 6.07) is 0. The molecule has 68 heavy (non-hydrogen) atoms. The number of carbonyl (C=O) groups excluding carboxylic acids is 2. The minimum atomic E-state index is -4.38. The lowest BCUT2D eigenvalue weighted by atomic mass is 10.0. The Hall–Kier alpha value is -1.25. The molecule has 0 amide bonds. The number of ether oxygens (including phenoxy) is 2. The van der Waals surface area contributed by atoms with E-state index in [2.05, 4.69) is 26.0 Å². The summed E-state index contributed by atoms with van der Waals surface area (Å²) in [5.41, 5.74) is 5.37. The van der Waals surface area contributed by atoms with Crippen LogP contribution in [0.5, 0.6) is 0 Å². The summed E-state index contributed by atoms with van der Waals surface area (Å²) >= 11 is 0. The number of hydrogen-bond donors (Lipinski definition) is 2. The molecule has 9 nitrogen and oxygen atoms in total. The molecule has 10 heteroatoms. The van der Waals surface area contributed by atoms with Crippen molar-refractivity contribution in [3.05, 3.63) is 12.2 Å². The van der Waals surface area contributed by atoms with Crippen LogP contribution in [0.15, 0.2) is 12.2 Å². The second kappa shape index (κ2) is 55.1. The number of esters is 2. The lowest BCUT2D eigenvalue weighted by molar-refractivity contribution is -0.161. The van der Waals surface area contributed by atoms with Gasteiger partial charge in [-0.1, -0.05) is 276 Å². The monoisotopic (exact) mass is 984 g/mol. The second-order valence-corrected chi connectivity index (χ2v) is 21.7. The number of carbonyl (C=O) groups is 2. The molecule has 3 N–H and O–H groups in total. The number of phosphoric ester groups is 1. The molecule has 0 fully saturated rings. The summed E-state index contributed by atoms with van der Waals surface area (Å²) in [6.45, 7) is 3.77.